The third-order valence-corrected chi connectivity index (χ3v) is 4.50. The first-order chi connectivity index (χ1) is 8.50. The molecule has 18 heavy (non-hydrogen) atoms. The number of urea groups is 1. The van der Waals surface area contributed by atoms with Crippen molar-refractivity contribution in [2.45, 2.75) is 49.8 Å². The smallest absolute Gasteiger partial charge is 0.329 e. The molecule has 1 fully saturated rings. The Kier molecular flexibility index (Phi) is 5.78. The maximum atomic E-state index is 11.7. The molecule has 5 nitrogen and oxygen atoms in total. The van der Waals surface area contributed by atoms with Gasteiger partial charge in [-0.15, -0.1) is 0 Å². The van der Waals surface area contributed by atoms with Crippen LogP contribution in [0.3, 0.4) is 0 Å². The van der Waals surface area contributed by atoms with E-state index in [1.165, 1.54) is 0 Å². The number of carbonyl (C=O) groups excluding carboxylic acids is 1. The van der Waals surface area contributed by atoms with E-state index < -0.39 is 11.5 Å². The standard InChI is InChI=1S/C12H22N2O3S/c1-9(18-2)5-8-13-11(17)14-12(10(15)16)6-3-4-7-12/h9H,3-8H2,1-2H3,(H,15,16)(H2,13,14,17). The van der Waals surface area contributed by atoms with Crippen LogP contribution in [-0.4, -0.2) is 40.7 Å². The highest BCUT2D eigenvalue weighted by atomic mass is 32.2. The minimum Gasteiger partial charge on any atom is -0.480 e. The SMILES string of the molecule is CSC(C)CCNC(=O)NC1(C(=O)O)CCCC1. The summed E-state index contributed by atoms with van der Waals surface area (Å²) in [7, 11) is 0. The van der Waals surface area contributed by atoms with Crippen LogP contribution < -0.4 is 10.6 Å². The minimum atomic E-state index is -1.05. The van der Waals surface area contributed by atoms with E-state index in [2.05, 4.69) is 17.6 Å². The molecule has 1 aliphatic carbocycles. The fourth-order valence-corrected chi connectivity index (χ4v) is 2.49. The lowest BCUT2D eigenvalue weighted by atomic mass is 9.98. The molecule has 0 aromatic rings. The van der Waals surface area contributed by atoms with Gasteiger partial charge in [0, 0.05) is 11.8 Å². The fraction of sp³-hybridized carbons (Fsp3) is 0.833. The molecule has 3 N–H and O–H groups in total. The van der Waals surface area contributed by atoms with Crippen LogP contribution in [0.4, 0.5) is 4.79 Å². The highest BCUT2D eigenvalue weighted by molar-refractivity contribution is 7.99. The number of hydrogen-bond acceptors (Lipinski definition) is 3. The van der Waals surface area contributed by atoms with Crippen LogP contribution in [0.25, 0.3) is 0 Å². The molecule has 104 valence electrons. The summed E-state index contributed by atoms with van der Waals surface area (Å²) in [4.78, 5) is 22.9. The second kappa shape index (κ2) is 6.87. The normalized spacial score (nSPS) is 19.2. The largest absolute Gasteiger partial charge is 0.480 e. The number of carbonyl (C=O) groups is 2. The number of nitrogens with one attached hydrogen (secondary N) is 2. The average Bonchev–Trinajstić information content (AvgIpc) is 2.78. The number of hydrogen-bond donors (Lipinski definition) is 3. The third kappa shape index (κ3) is 4.08. The van der Waals surface area contributed by atoms with Crippen LogP contribution in [0.1, 0.15) is 39.0 Å². The third-order valence-electron chi connectivity index (χ3n) is 3.46. The van der Waals surface area contributed by atoms with Crippen LogP contribution in [-0.2, 0) is 4.79 Å². The first-order valence-electron chi connectivity index (χ1n) is 6.32. The molecule has 6 heteroatoms. The van der Waals surface area contributed by atoms with Gasteiger partial charge in [-0.25, -0.2) is 9.59 Å². The van der Waals surface area contributed by atoms with Crippen molar-refractivity contribution < 1.29 is 14.7 Å². The second-order valence-electron chi connectivity index (χ2n) is 4.81. The van der Waals surface area contributed by atoms with Crippen molar-refractivity contribution in [1.29, 1.82) is 0 Å². The van der Waals surface area contributed by atoms with Gasteiger partial charge in [-0.3, -0.25) is 0 Å². The Morgan fingerprint density at radius 2 is 2.00 bits per heavy atom. The summed E-state index contributed by atoms with van der Waals surface area (Å²) >= 11 is 1.75. The van der Waals surface area contributed by atoms with Crippen molar-refractivity contribution in [2.75, 3.05) is 12.8 Å². The van der Waals surface area contributed by atoms with Crippen molar-refractivity contribution >= 4 is 23.8 Å². The minimum absolute atomic E-state index is 0.368. The Bertz CT molecular complexity index is 304. The maximum absolute atomic E-state index is 11.7. The number of rotatable bonds is 6. The summed E-state index contributed by atoms with van der Waals surface area (Å²) in [6.45, 7) is 2.67. The predicted molar refractivity (Wildman–Crippen MR) is 73.0 cm³/mol. The molecule has 0 aromatic heterocycles. The lowest BCUT2D eigenvalue weighted by Gasteiger charge is -2.25. The highest BCUT2D eigenvalue weighted by Gasteiger charge is 2.42. The molecule has 0 saturated heterocycles. The van der Waals surface area contributed by atoms with E-state index in [-0.39, 0.29) is 6.03 Å². The second-order valence-corrected chi connectivity index (χ2v) is 6.09. The predicted octanol–water partition coefficient (Wildman–Crippen LogP) is 1.82. The van der Waals surface area contributed by atoms with Gasteiger partial charge in [-0.1, -0.05) is 19.8 Å². The van der Waals surface area contributed by atoms with Gasteiger partial charge in [-0.2, -0.15) is 11.8 Å². The Morgan fingerprint density at radius 3 is 2.50 bits per heavy atom. The molecule has 0 bridgehead atoms. The number of amides is 2. The molecule has 0 spiro atoms. The zero-order chi connectivity index (χ0) is 13.6. The number of aliphatic carboxylic acids is 1. The summed E-state index contributed by atoms with van der Waals surface area (Å²) < 4.78 is 0. The molecule has 2 amide bonds. The van der Waals surface area contributed by atoms with Crippen LogP contribution in [0.5, 0.6) is 0 Å². The van der Waals surface area contributed by atoms with Crippen molar-refractivity contribution in [2.24, 2.45) is 0 Å². The molecule has 1 saturated carbocycles. The van der Waals surface area contributed by atoms with Gasteiger partial charge in [0.2, 0.25) is 0 Å². The van der Waals surface area contributed by atoms with Crippen LogP contribution in [0.15, 0.2) is 0 Å². The number of thioether (sulfide) groups is 1. The first kappa shape index (κ1) is 15.1. The Hall–Kier alpha value is -0.910. The average molecular weight is 274 g/mol. The van der Waals surface area contributed by atoms with E-state index in [0.29, 0.717) is 24.6 Å². The van der Waals surface area contributed by atoms with E-state index in [9.17, 15) is 14.7 Å². The van der Waals surface area contributed by atoms with Crippen LogP contribution >= 0.6 is 11.8 Å². The molecule has 0 aromatic carbocycles. The number of carboxylic acid groups (broad SMARTS) is 1. The highest BCUT2D eigenvalue weighted by Crippen LogP contribution is 2.29. The summed E-state index contributed by atoms with van der Waals surface area (Å²) in [6.07, 6.45) is 5.68. The maximum Gasteiger partial charge on any atom is 0.329 e. The lowest BCUT2D eigenvalue weighted by Crippen LogP contribution is -2.55. The summed E-state index contributed by atoms with van der Waals surface area (Å²) in [6, 6.07) is -0.368. The first-order valence-corrected chi connectivity index (χ1v) is 7.61. The zero-order valence-corrected chi connectivity index (χ0v) is 11.8. The van der Waals surface area contributed by atoms with E-state index in [1.807, 2.05) is 6.26 Å². The molecule has 0 aliphatic heterocycles. The Balaban J connectivity index is 2.36. The fourth-order valence-electron chi connectivity index (χ4n) is 2.14. The van der Waals surface area contributed by atoms with Crippen molar-refractivity contribution in [3.05, 3.63) is 0 Å². The molecular weight excluding hydrogens is 252 g/mol. The van der Waals surface area contributed by atoms with Crippen molar-refractivity contribution in [1.82, 2.24) is 10.6 Å². The van der Waals surface area contributed by atoms with E-state index in [0.717, 1.165) is 19.3 Å². The van der Waals surface area contributed by atoms with Gasteiger partial charge in [0.05, 0.1) is 0 Å². The molecule has 1 aliphatic rings. The van der Waals surface area contributed by atoms with Gasteiger partial charge in [0.25, 0.3) is 0 Å². The topological polar surface area (TPSA) is 78.4 Å². The van der Waals surface area contributed by atoms with Crippen LogP contribution in [0, 0.1) is 0 Å². The van der Waals surface area contributed by atoms with Crippen molar-refractivity contribution in [3.8, 4) is 0 Å². The summed E-state index contributed by atoms with van der Waals surface area (Å²) in [5, 5.41) is 15.1. The monoisotopic (exact) mass is 274 g/mol. The molecule has 1 atom stereocenters. The van der Waals surface area contributed by atoms with Crippen molar-refractivity contribution in [3.63, 3.8) is 0 Å². The zero-order valence-electron chi connectivity index (χ0n) is 11.0. The van der Waals surface area contributed by atoms with Gasteiger partial charge in [0.1, 0.15) is 5.54 Å². The number of carboxylic acids is 1. The summed E-state index contributed by atoms with van der Waals surface area (Å²) in [5.74, 6) is -0.923. The lowest BCUT2D eigenvalue weighted by molar-refractivity contribution is -0.144. The summed E-state index contributed by atoms with van der Waals surface area (Å²) in [5.41, 5.74) is -1.05. The van der Waals surface area contributed by atoms with E-state index >= 15 is 0 Å². The van der Waals surface area contributed by atoms with Crippen LogP contribution in [0.2, 0.25) is 0 Å². The van der Waals surface area contributed by atoms with Gasteiger partial charge in [0.15, 0.2) is 0 Å². The van der Waals surface area contributed by atoms with E-state index in [1.54, 1.807) is 11.8 Å². The Morgan fingerprint density at radius 1 is 1.39 bits per heavy atom. The van der Waals surface area contributed by atoms with E-state index in [4.69, 9.17) is 0 Å². The Labute approximate surface area is 112 Å². The molecular formula is C12H22N2O3S. The molecule has 0 radical (unpaired) electrons. The molecule has 1 rings (SSSR count). The van der Waals surface area contributed by atoms with Gasteiger partial charge in [-0.05, 0) is 25.5 Å². The van der Waals surface area contributed by atoms with Gasteiger partial charge >= 0.3 is 12.0 Å². The molecule has 0 heterocycles. The quantitative estimate of drug-likeness (QED) is 0.690. The van der Waals surface area contributed by atoms with Gasteiger partial charge < -0.3 is 15.7 Å². The molecule has 1 unspecified atom stereocenters.